The molecule has 134 valence electrons. The van der Waals surface area contributed by atoms with Crippen LogP contribution in [0.2, 0.25) is 0 Å². The number of aromatic amines is 1. The van der Waals surface area contributed by atoms with Crippen LogP contribution in [0.3, 0.4) is 0 Å². The fourth-order valence-corrected chi connectivity index (χ4v) is 4.82. The predicted molar refractivity (Wildman–Crippen MR) is 102 cm³/mol. The first-order valence-electron chi connectivity index (χ1n) is 8.52. The summed E-state index contributed by atoms with van der Waals surface area (Å²) >= 11 is 0. The van der Waals surface area contributed by atoms with E-state index < -0.39 is 10.0 Å². The van der Waals surface area contributed by atoms with Crippen LogP contribution in [0.1, 0.15) is 24.5 Å². The first kappa shape index (κ1) is 16.8. The number of anilines is 1. The lowest BCUT2D eigenvalue weighted by molar-refractivity contribution is 0.591. The Morgan fingerprint density at radius 3 is 2.73 bits per heavy atom. The monoisotopic (exact) mass is 369 g/mol. The molecule has 6 nitrogen and oxygen atoms in total. The van der Waals surface area contributed by atoms with Crippen molar-refractivity contribution >= 4 is 26.7 Å². The number of hydrogen-bond acceptors (Lipinski definition) is 4. The molecule has 1 aliphatic heterocycles. The van der Waals surface area contributed by atoms with Gasteiger partial charge in [-0.15, -0.1) is 0 Å². The Kier molecular flexibility index (Phi) is 4.03. The first-order chi connectivity index (χ1) is 12.4. The third kappa shape index (κ3) is 2.88. The van der Waals surface area contributed by atoms with E-state index in [1.807, 2.05) is 36.4 Å². The van der Waals surface area contributed by atoms with Gasteiger partial charge in [0.15, 0.2) is 0 Å². The van der Waals surface area contributed by atoms with E-state index in [1.54, 1.807) is 19.2 Å². The maximum atomic E-state index is 12.3. The lowest BCUT2D eigenvalue weighted by Crippen LogP contribution is -2.28. The van der Waals surface area contributed by atoms with E-state index in [9.17, 15) is 13.2 Å². The third-order valence-corrected chi connectivity index (χ3v) is 7.08. The SMILES string of the molecule is CC1CCN(c2ccc(Cc3cc4ccccc4[nH]c3=O)cn2)S1(=O)=O. The molecule has 0 radical (unpaired) electrons. The fourth-order valence-electron chi connectivity index (χ4n) is 3.25. The van der Waals surface area contributed by atoms with Gasteiger partial charge in [-0.1, -0.05) is 24.3 Å². The molecule has 2 aromatic heterocycles. The van der Waals surface area contributed by atoms with Gasteiger partial charge < -0.3 is 4.98 Å². The Morgan fingerprint density at radius 2 is 2.04 bits per heavy atom. The molecule has 1 saturated heterocycles. The highest BCUT2D eigenvalue weighted by atomic mass is 32.2. The number of H-pyrrole nitrogens is 1. The van der Waals surface area contributed by atoms with Crippen LogP contribution >= 0.6 is 0 Å². The largest absolute Gasteiger partial charge is 0.322 e. The number of hydrogen-bond donors (Lipinski definition) is 1. The topological polar surface area (TPSA) is 83.1 Å². The van der Waals surface area contributed by atoms with E-state index in [4.69, 9.17) is 0 Å². The molecular formula is C19H19N3O3S. The van der Waals surface area contributed by atoms with E-state index in [-0.39, 0.29) is 10.8 Å². The van der Waals surface area contributed by atoms with Crippen molar-refractivity contribution in [2.75, 3.05) is 10.8 Å². The zero-order valence-corrected chi connectivity index (χ0v) is 15.2. The number of sulfonamides is 1. The van der Waals surface area contributed by atoms with E-state index in [2.05, 4.69) is 9.97 Å². The maximum Gasteiger partial charge on any atom is 0.251 e. The molecule has 4 rings (SSSR count). The lowest BCUT2D eigenvalue weighted by Gasteiger charge is -2.17. The maximum absolute atomic E-state index is 12.3. The molecule has 3 heterocycles. The summed E-state index contributed by atoms with van der Waals surface area (Å²) < 4.78 is 25.9. The van der Waals surface area contributed by atoms with E-state index in [1.165, 1.54) is 4.31 Å². The fraction of sp³-hybridized carbons (Fsp3) is 0.263. The Bertz CT molecular complexity index is 1120. The zero-order valence-electron chi connectivity index (χ0n) is 14.3. The van der Waals surface area contributed by atoms with Gasteiger partial charge in [0.05, 0.1) is 5.25 Å². The van der Waals surface area contributed by atoms with Crippen LogP contribution in [-0.2, 0) is 16.4 Å². The number of benzene rings is 1. The molecule has 3 aromatic rings. The summed E-state index contributed by atoms with van der Waals surface area (Å²) in [5.74, 6) is 0.436. The summed E-state index contributed by atoms with van der Waals surface area (Å²) in [4.78, 5) is 19.5. The number of nitrogens with zero attached hydrogens (tertiary/aromatic N) is 2. The number of para-hydroxylation sites is 1. The van der Waals surface area contributed by atoms with Crippen LogP contribution in [0, 0.1) is 0 Å². The number of fused-ring (bicyclic) bond motifs is 1. The van der Waals surface area contributed by atoms with Crippen molar-refractivity contribution in [2.24, 2.45) is 0 Å². The molecule has 1 N–H and O–H groups in total. The van der Waals surface area contributed by atoms with Gasteiger partial charge in [-0.05, 0) is 42.5 Å². The van der Waals surface area contributed by atoms with Crippen molar-refractivity contribution in [1.82, 2.24) is 9.97 Å². The lowest BCUT2D eigenvalue weighted by atomic mass is 10.1. The quantitative estimate of drug-likeness (QED) is 0.769. The van der Waals surface area contributed by atoms with Crippen molar-refractivity contribution < 1.29 is 8.42 Å². The van der Waals surface area contributed by atoms with Crippen LogP contribution in [-0.4, -0.2) is 30.2 Å². The Hall–Kier alpha value is -2.67. The van der Waals surface area contributed by atoms with Crippen molar-refractivity contribution in [2.45, 2.75) is 25.0 Å². The third-order valence-electron chi connectivity index (χ3n) is 4.84. The highest BCUT2D eigenvalue weighted by Crippen LogP contribution is 2.27. The smallest absolute Gasteiger partial charge is 0.251 e. The van der Waals surface area contributed by atoms with Gasteiger partial charge in [-0.2, -0.15) is 0 Å². The average molecular weight is 369 g/mol. The normalized spacial score (nSPS) is 19.1. The van der Waals surface area contributed by atoms with Crippen LogP contribution in [0.25, 0.3) is 10.9 Å². The molecule has 1 aliphatic rings. The van der Waals surface area contributed by atoms with E-state index in [0.29, 0.717) is 30.8 Å². The number of rotatable bonds is 3. The predicted octanol–water partition coefficient (Wildman–Crippen LogP) is 2.44. The average Bonchev–Trinajstić information content (AvgIpc) is 2.89. The van der Waals surface area contributed by atoms with Gasteiger partial charge in [-0.25, -0.2) is 13.4 Å². The molecule has 0 saturated carbocycles. The van der Waals surface area contributed by atoms with Crippen molar-refractivity contribution in [3.05, 3.63) is 70.1 Å². The molecule has 0 aliphatic carbocycles. The summed E-state index contributed by atoms with van der Waals surface area (Å²) in [5, 5.41) is 0.601. The summed E-state index contributed by atoms with van der Waals surface area (Å²) in [5.41, 5.74) is 2.20. The van der Waals surface area contributed by atoms with Crippen LogP contribution < -0.4 is 9.86 Å². The molecule has 0 bridgehead atoms. The second kappa shape index (κ2) is 6.25. The van der Waals surface area contributed by atoms with Gasteiger partial charge in [0.1, 0.15) is 5.82 Å². The standard InChI is InChI=1S/C19H19N3O3S/c1-13-8-9-22(26(13,24)25)18-7-6-14(12-20-18)10-16-11-15-4-2-3-5-17(15)21-19(16)23/h2-7,11-13H,8-10H2,1H3,(H,21,23). The molecule has 0 amide bonds. The minimum absolute atomic E-state index is 0.122. The molecule has 7 heteroatoms. The first-order valence-corrected chi connectivity index (χ1v) is 10.0. The van der Waals surface area contributed by atoms with E-state index in [0.717, 1.165) is 16.5 Å². The Morgan fingerprint density at radius 1 is 1.23 bits per heavy atom. The molecule has 1 unspecified atom stereocenters. The van der Waals surface area contributed by atoms with Crippen LogP contribution in [0.15, 0.2) is 53.5 Å². The Balaban J connectivity index is 1.61. The van der Waals surface area contributed by atoms with Crippen LogP contribution in [0.4, 0.5) is 5.82 Å². The molecule has 0 spiro atoms. The molecule has 1 fully saturated rings. The van der Waals surface area contributed by atoms with Gasteiger partial charge in [0.25, 0.3) is 5.56 Å². The number of nitrogens with one attached hydrogen (secondary N) is 1. The summed E-state index contributed by atoms with van der Waals surface area (Å²) in [7, 11) is -3.31. The van der Waals surface area contributed by atoms with Gasteiger partial charge in [0.2, 0.25) is 10.0 Å². The molecule has 1 aromatic carbocycles. The highest BCUT2D eigenvalue weighted by Gasteiger charge is 2.36. The highest BCUT2D eigenvalue weighted by molar-refractivity contribution is 7.93. The summed E-state index contributed by atoms with van der Waals surface area (Å²) in [6.07, 6.45) is 2.69. The zero-order chi connectivity index (χ0) is 18.3. The number of aromatic nitrogens is 2. The summed E-state index contributed by atoms with van der Waals surface area (Å²) in [6.45, 7) is 2.18. The molecule has 26 heavy (non-hydrogen) atoms. The van der Waals surface area contributed by atoms with E-state index >= 15 is 0 Å². The van der Waals surface area contributed by atoms with Crippen LogP contribution in [0.5, 0.6) is 0 Å². The second-order valence-corrected chi connectivity index (χ2v) is 8.90. The van der Waals surface area contributed by atoms with Gasteiger partial charge in [0, 0.05) is 30.2 Å². The Labute approximate surface area is 151 Å². The molecule has 1 atom stereocenters. The minimum atomic E-state index is -3.31. The number of pyridine rings is 2. The van der Waals surface area contributed by atoms with Crippen molar-refractivity contribution in [3.63, 3.8) is 0 Å². The van der Waals surface area contributed by atoms with Gasteiger partial charge in [-0.3, -0.25) is 9.10 Å². The van der Waals surface area contributed by atoms with Crippen molar-refractivity contribution in [3.8, 4) is 0 Å². The summed E-state index contributed by atoms with van der Waals surface area (Å²) in [6, 6.07) is 13.1. The van der Waals surface area contributed by atoms with Gasteiger partial charge >= 0.3 is 0 Å². The second-order valence-electron chi connectivity index (χ2n) is 6.63. The molecular weight excluding hydrogens is 350 g/mol. The minimum Gasteiger partial charge on any atom is -0.322 e. The van der Waals surface area contributed by atoms with Crippen molar-refractivity contribution in [1.29, 1.82) is 0 Å².